The SMILES string of the molecule is CCOC(C)(C)CC(C)(C)CC(C)(N)C=O. The van der Waals surface area contributed by atoms with E-state index in [2.05, 4.69) is 27.7 Å². The van der Waals surface area contributed by atoms with Crippen LogP contribution in [-0.2, 0) is 9.53 Å². The molecule has 0 aromatic carbocycles. The van der Waals surface area contributed by atoms with Crippen molar-refractivity contribution in [3.05, 3.63) is 0 Å². The average Bonchev–Trinajstić information content (AvgIpc) is 1.99. The van der Waals surface area contributed by atoms with Gasteiger partial charge in [0.05, 0.1) is 11.1 Å². The molecule has 0 aliphatic heterocycles. The van der Waals surface area contributed by atoms with Crippen LogP contribution >= 0.6 is 0 Å². The quantitative estimate of drug-likeness (QED) is 0.682. The van der Waals surface area contributed by atoms with Crippen LogP contribution < -0.4 is 5.73 Å². The molecule has 0 saturated carbocycles. The molecule has 0 aromatic heterocycles. The Morgan fingerprint density at radius 3 is 2.00 bits per heavy atom. The Balaban J connectivity index is 4.50. The molecule has 0 radical (unpaired) electrons. The smallest absolute Gasteiger partial charge is 0.139 e. The minimum absolute atomic E-state index is 0.0108. The lowest BCUT2D eigenvalue weighted by Gasteiger charge is -2.37. The number of hydrogen-bond acceptors (Lipinski definition) is 3. The molecule has 0 aromatic rings. The molecule has 0 aliphatic rings. The number of carbonyl (C=O) groups excluding carboxylic acids is 1. The van der Waals surface area contributed by atoms with E-state index in [1.54, 1.807) is 6.92 Å². The Morgan fingerprint density at radius 1 is 1.12 bits per heavy atom. The molecule has 0 bridgehead atoms. The van der Waals surface area contributed by atoms with E-state index in [0.717, 1.165) is 12.7 Å². The van der Waals surface area contributed by atoms with Crippen molar-refractivity contribution >= 4 is 6.29 Å². The topological polar surface area (TPSA) is 52.3 Å². The summed E-state index contributed by atoms with van der Waals surface area (Å²) in [5.41, 5.74) is 4.96. The summed E-state index contributed by atoms with van der Waals surface area (Å²) in [4.78, 5) is 10.8. The van der Waals surface area contributed by atoms with E-state index in [4.69, 9.17) is 10.5 Å². The predicted molar refractivity (Wildman–Crippen MR) is 67.4 cm³/mol. The van der Waals surface area contributed by atoms with E-state index in [1.807, 2.05) is 6.92 Å². The third kappa shape index (κ3) is 6.23. The zero-order valence-corrected chi connectivity index (χ0v) is 11.6. The van der Waals surface area contributed by atoms with Gasteiger partial charge in [0.2, 0.25) is 0 Å². The van der Waals surface area contributed by atoms with Gasteiger partial charge in [0.1, 0.15) is 6.29 Å². The second-order valence-electron chi connectivity index (χ2n) is 6.33. The zero-order valence-electron chi connectivity index (χ0n) is 11.6. The summed E-state index contributed by atoms with van der Waals surface area (Å²) in [6, 6.07) is 0. The molecule has 1 unspecified atom stereocenters. The minimum atomic E-state index is -0.744. The second kappa shape index (κ2) is 5.28. The van der Waals surface area contributed by atoms with Crippen molar-refractivity contribution in [1.82, 2.24) is 0 Å². The number of aldehydes is 1. The molecule has 2 N–H and O–H groups in total. The highest BCUT2D eigenvalue weighted by Gasteiger charge is 2.34. The third-order valence-electron chi connectivity index (χ3n) is 2.57. The number of carbonyl (C=O) groups is 1. The standard InChI is InChI=1S/C13H27NO2/c1-7-16-12(4,5)8-11(2,3)9-13(6,14)10-15/h10H,7-9,14H2,1-6H3. The molecular formula is C13H27NO2. The van der Waals surface area contributed by atoms with Crippen molar-refractivity contribution in [1.29, 1.82) is 0 Å². The maximum Gasteiger partial charge on any atom is 0.139 e. The summed E-state index contributed by atoms with van der Waals surface area (Å²) >= 11 is 0. The van der Waals surface area contributed by atoms with Gasteiger partial charge in [-0.1, -0.05) is 13.8 Å². The summed E-state index contributed by atoms with van der Waals surface area (Å²) in [5.74, 6) is 0. The first kappa shape index (κ1) is 15.6. The second-order valence-corrected chi connectivity index (χ2v) is 6.33. The fourth-order valence-electron chi connectivity index (χ4n) is 2.73. The van der Waals surface area contributed by atoms with Gasteiger partial charge in [0.25, 0.3) is 0 Å². The molecule has 0 heterocycles. The molecule has 0 amide bonds. The Morgan fingerprint density at radius 2 is 1.62 bits per heavy atom. The number of nitrogens with two attached hydrogens (primary N) is 1. The van der Waals surface area contributed by atoms with Crippen molar-refractivity contribution in [3.63, 3.8) is 0 Å². The van der Waals surface area contributed by atoms with Crippen LogP contribution in [0, 0.1) is 5.41 Å². The molecule has 16 heavy (non-hydrogen) atoms. The molecule has 0 spiro atoms. The van der Waals surface area contributed by atoms with E-state index in [9.17, 15) is 4.79 Å². The van der Waals surface area contributed by atoms with Gasteiger partial charge >= 0.3 is 0 Å². The molecule has 0 rings (SSSR count). The van der Waals surface area contributed by atoms with Gasteiger partial charge in [-0.3, -0.25) is 0 Å². The van der Waals surface area contributed by atoms with Crippen molar-refractivity contribution in [2.24, 2.45) is 11.1 Å². The fourth-order valence-corrected chi connectivity index (χ4v) is 2.73. The van der Waals surface area contributed by atoms with Gasteiger partial charge in [-0.2, -0.15) is 0 Å². The van der Waals surface area contributed by atoms with Gasteiger partial charge in [-0.25, -0.2) is 0 Å². The molecule has 0 aliphatic carbocycles. The van der Waals surface area contributed by atoms with Gasteiger partial charge < -0.3 is 15.3 Å². The van der Waals surface area contributed by atoms with Gasteiger partial charge in [-0.15, -0.1) is 0 Å². The van der Waals surface area contributed by atoms with Crippen LogP contribution in [-0.4, -0.2) is 24.0 Å². The Labute approximate surface area is 99.7 Å². The lowest BCUT2D eigenvalue weighted by Crippen LogP contribution is -2.44. The molecule has 0 saturated heterocycles. The van der Waals surface area contributed by atoms with E-state index >= 15 is 0 Å². The van der Waals surface area contributed by atoms with E-state index < -0.39 is 5.54 Å². The summed E-state index contributed by atoms with van der Waals surface area (Å²) in [5, 5.41) is 0. The highest BCUT2D eigenvalue weighted by atomic mass is 16.5. The monoisotopic (exact) mass is 229 g/mol. The van der Waals surface area contributed by atoms with Crippen LogP contribution in [0.15, 0.2) is 0 Å². The molecule has 0 fully saturated rings. The van der Waals surface area contributed by atoms with E-state index in [1.165, 1.54) is 0 Å². The minimum Gasteiger partial charge on any atom is -0.376 e. The first-order chi connectivity index (χ1) is 7.04. The number of hydrogen-bond donors (Lipinski definition) is 1. The molecule has 1 atom stereocenters. The van der Waals surface area contributed by atoms with Crippen LogP contribution in [0.2, 0.25) is 0 Å². The van der Waals surface area contributed by atoms with Crippen molar-refractivity contribution < 1.29 is 9.53 Å². The molecular weight excluding hydrogens is 202 g/mol. The van der Waals surface area contributed by atoms with Crippen molar-refractivity contribution in [2.45, 2.75) is 65.5 Å². The van der Waals surface area contributed by atoms with Gasteiger partial charge in [-0.05, 0) is 46.0 Å². The van der Waals surface area contributed by atoms with Crippen molar-refractivity contribution in [3.8, 4) is 0 Å². The van der Waals surface area contributed by atoms with E-state index in [0.29, 0.717) is 13.0 Å². The highest BCUT2D eigenvalue weighted by Crippen LogP contribution is 2.35. The predicted octanol–water partition coefficient (Wildman–Crippen LogP) is 2.52. The first-order valence-corrected chi connectivity index (χ1v) is 5.93. The number of rotatable bonds is 7. The molecule has 3 heteroatoms. The lowest BCUT2D eigenvalue weighted by molar-refractivity contribution is -0.113. The zero-order chi connectivity index (χ0) is 13.0. The lowest BCUT2D eigenvalue weighted by atomic mass is 9.74. The average molecular weight is 229 g/mol. The normalized spacial score (nSPS) is 16.9. The van der Waals surface area contributed by atoms with Gasteiger partial charge in [0, 0.05) is 6.61 Å². The maximum absolute atomic E-state index is 10.8. The molecule has 3 nitrogen and oxygen atoms in total. The summed E-state index contributed by atoms with van der Waals surface area (Å²) < 4.78 is 5.68. The van der Waals surface area contributed by atoms with Crippen LogP contribution in [0.25, 0.3) is 0 Å². The summed E-state index contributed by atoms with van der Waals surface area (Å²) in [6.07, 6.45) is 2.39. The fraction of sp³-hybridized carbons (Fsp3) is 0.923. The maximum atomic E-state index is 10.8. The Kier molecular flexibility index (Phi) is 5.15. The first-order valence-electron chi connectivity index (χ1n) is 5.93. The summed E-state index contributed by atoms with van der Waals surface area (Å²) in [7, 11) is 0. The number of ether oxygens (including phenoxy) is 1. The largest absolute Gasteiger partial charge is 0.376 e. The Hall–Kier alpha value is -0.410. The molecule has 96 valence electrons. The van der Waals surface area contributed by atoms with Crippen LogP contribution in [0.5, 0.6) is 0 Å². The van der Waals surface area contributed by atoms with Crippen molar-refractivity contribution in [2.75, 3.05) is 6.61 Å². The Bertz CT molecular complexity index is 232. The van der Waals surface area contributed by atoms with E-state index in [-0.39, 0.29) is 11.0 Å². The van der Waals surface area contributed by atoms with Crippen LogP contribution in [0.4, 0.5) is 0 Å². The third-order valence-corrected chi connectivity index (χ3v) is 2.57. The highest BCUT2D eigenvalue weighted by molar-refractivity contribution is 5.62. The van der Waals surface area contributed by atoms with Gasteiger partial charge in [0.15, 0.2) is 0 Å². The summed E-state index contributed by atoms with van der Waals surface area (Å²) in [6.45, 7) is 12.9. The van der Waals surface area contributed by atoms with Crippen LogP contribution in [0.3, 0.4) is 0 Å². The van der Waals surface area contributed by atoms with Crippen LogP contribution in [0.1, 0.15) is 54.4 Å².